The maximum Gasteiger partial charge on any atom is 0.138 e. The number of hydrogen-bond acceptors (Lipinski definition) is 2. The summed E-state index contributed by atoms with van der Waals surface area (Å²) in [7, 11) is 0. The summed E-state index contributed by atoms with van der Waals surface area (Å²) in [5, 5.41) is 9.48. The van der Waals surface area contributed by atoms with E-state index < -0.39 is 0 Å². The Hall–Kier alpha value is -1.18. The molecule has 1 aromatic rings. The fourth-order valence-corrected chi connectivity index (χ4v) is 5.05. The van der Waals surface area contributed by atoms with Gasteiger partial charge in [-0.2, -0.15) is 0 Å². The molecular weight excluding hydrogens is 414 g/mol. The monoisotopic (exact) mass is 473 g/mol. The first-order valence-electron chi connectivity index (χ1n) is 15.3. The number of aromatic hydroxyl groups is 1. The molecule has 3 N–H and O–H groups in total. The summed E-state index contributed by atoms with van der Waals surface area (Å²) in [6, 6.07) is 5.61. The van der Waals surface area contributed by atoms with Crippen molar-refractivity contribution in [3.05, 3.63) is 23.8 Å². The first kappa shape index (κ1) is 30.9. The van der Waals surface area contributed by atoms with Crippen LogP contribution in [0.5, 0.6) is 5.75 Å². The number of hydrogen-bond donors (Lipinski definition) is 2. The van der Waals surface area contributed by atoms with E-state index in [4.69, 9.17) is 5.73 Å². The third-order valence-corrected chi connectivity index (χ3v) is 7.41. The Morgan fingerprint density at radius 3 is 1.15 bits per heavy atom. The largest absolute Gasteiger partial charge is 0.506 e. The molecule has 0 radical (unpaired) electrons. The molecule has 1 rings (SSSR count). The van der Waals surface area contributed by atoms with Gasteiger partial charge in [0, 0.05) is 0 Å². The summed E-state index contributed by atoms with van der Waals surface area (Å²) < 4.78 is 0. The van der Waals surface area contributed by atoms with Crippen molar-refractivity contribution >= 4 is 5.69 Å². The van der Waals surface area contributed by atoms with Gasteiger partial charge in [-0.1, -0.05) is 161 Å². The van der Waals surface area contributed by atoms with Crippen LogP contribution in [0.15, 0.2) is 18.2 Å². The smallest absolute Gasteiger partial charge is 0.138 e. The van der Waals surface area contributed by atoms with Crippen molar-refractivity contribution in [3.8, 4) is 5.75 Å². The number of benzene rings is 1. The van der Waals surface area contributed by atoms with Crippen LogP contribution in [-0.4, -0.2) is 5.11 Å². The molecule has 0 saturated heterocycles. The Morgan fingerprint density at radius 1 is 0.500 bits per heavy atom. The predicted molar refractivity (Wildman–Crippen MR) is 153 cm³/mol. The second kappa shape index (κ2) is 23.6. The van der Waals surface area contributed by atoms with Crippen molar-refractivity contribution in [3.63, 3.8) is 0 Å². The molecule has 0 spiro atoms. The predicted octanol–water partition coefficient (Wildman–Crippen LogP) is 10.9. The molecule has 0 saturated carbocycles. The minimum absolute atomic E-state index is 0.198. The number of aryl methyl sites for hydroxylation is 1. The van der Waals surface area contributed by atoms with E-state index in [2.05, 4.69) is 6.92 Å². The lowest BCUT2D eigenvalue weighted by atomic mass is 10.0. The average Bonchev–Trinajstić information content (AvgIpc) is 2.84. The minimum Gasteiger partial charge on any atom is -0.506 e. The fourth-order valence-electron chi connectivity index (χ4n) is 5.05. The molecular formula is C32H59NO. The van der Waals surface area contributed by atoms with Crippen LogP contribution in [0.1, 0.15) is 167 Å². The zero-order valence-electron chi connectivity index (χ0n) is 22.9. The van der Waals surface area contributed by atoms with Crippen LogP contribution in [0.25, 0.3) is 0 Å². The molecule has 0 atom stereocenters. The summed E-state index contributed by atoms with van der Waals surface area (Å²) in [6.45, 7) is 2.30. The molecule has 0 aliphatic heterocycles. The molecule has 0 amide bonds. The van der Waals surface area contributed by atoms with Gasteiger partial charge in [-0.25, -0.2) is 0 Å². The first-order valence-corrected chi connectivity index (χ1v) is 15.3. The van der Waals surface area contributed by atoms with Gasteiger partial charge in [0.15, 0.2) is 0 Å². The lowest BCUT2D eigenvalue weighted by Crippen LogP contribution is -1.91. The van der Waals surface area contributed by atoms with E-state index in [9.17, 15) is 5.11 Å². The second-order valence-electron chi connectivity index (χ2n) is 10.8. The molecule has 1 aromatic carbocycles. The topological polar surface area (TPSA) is 46.2 Å². The van der Waals surface area contributed by atoms with Gasteiger partial charge in [0.25, 0.3) is 0 Å². The number of unbranched alkanes of at least 4 members (excludes halogenated alkanes) is 23. The van der Waals surface area contributed by atoms with Gasteiger partial charge in [0.2, 0.25) is 0 Å². The van der Waals surface area contributed by atoms with E-state index in [1.165, 1.54) is 160 Å². The van der Waals surface area contributed by atoms with Gasteiger partial charge in [-0.15, -0.1) is 0 Å². The molecule has 2 nitrogen and oxygen atoms in total. The Labute approximate surface area is 213 Å². The highest BCUT2D eigenvalue weighted by molar-refractivity contribution is 5.53. The van der Waals surface area contributed by atoms with E-state index in [0.29, 0.717) is 5.69 Å². The lowest BCUT2D eigenvalue weighted by Gasteiger charge is -2.05. The molecule has 34 heavy (non-hydrogen) atoms. The Balaban J connectivity index is 1.69. The maximum atomic E-state index is 9.48. The summed E-state index contributed by atoms with van der Waals surface area (Å²) in [5.41, 5.74) is 7.51. The Kier molecular flexibility index (Phi) is 21.4. The van der Waals surface area contributed by atoms with Crippen molar-refractivity contribution in [1.82, 2.24) is 0 Å². The summed E-state index contributed by atoms with van der Waals surface area (Å²) in [4.78, 5) is 0. The number of phenols is 1. The molecule has 0 fully saturated rings. The van der Waals surface area contributed by atoms with Gasteiger partial charge >= 0.3 is 0 Å². The molecule has 0 aliphatic rings. The van der Waals surface area contributed by atoms with Gasteiger partial charge in [-0.3, -0.25) is 0 Å². The second-order valence-corrected chi connectivity index (χ2v) is 10.8. The molecule has 0 aliphatic carbocycles. The normalized spacial score (nSPS) is 11.3. The summed E-state index contributed by atoms with van der Waals surface area (Å²) in [6.07, 6.45) is 35.4. The number of nitrogen functional groups attached to an aromatic ring is 1. The molecule has 0 bridgehead atoms. The third-order valence-electron chi connectivity index (χ3n) is 7.41. The fraction of sp³-hybridized carbons (Fsp3) is 0.812. The van der Waals surface area contributed by atoms with Gasteiger partial charge in [0.1, 0.15) is 5.75 Å². The van der Waals surface area contributed by atoms with Crippen LogP contribution in [0, 0.1) is 0 Å². The quantitative estimate of drug-likeness (QED) is 0.0842. The standard InChI is InChI=1S/C32H59NO/c1-2-3-4-5-6-7-8-9-10-11-12-13-14-15-16-17-18-19-20-21-22-23-24-25-26-30-27-28-32(34)31(33)29-30/h27-29,34H,2-26,33H2,1H3. The van der Waals surface area contributed by atoms with Crippen molar-refractivity contribution in [2.45, 2.75) is 167 Å². The van der Waals surface area contributed by atoms with Crippen LogP contribution in [-0.2, 0) is 6.42 Å². The number of rotatable bonds is 25. The van der Waals surface area contributed by atoms with E-state index in [1.807, 2.05) is 12.1 Å². The Morgan fingerprint density at radius 2 is 0.824 bits per heavy atom. The average molecular weight is 474 g/mol. The maximum absolute atomic E-state index is 9.48. The third kappa shape index (κ3) is 19.2. The molecule has 198 valence electrons. The molecule has 0 heterocycles. The lowest BCUT2D eigenvalue weighted by molar-refractivity contribution is 0.477. The van der Waals surface area contributed by atoms with E-state index in [0.717, 1.165) is 6.42 Å². The first-order chi connectivity index (χ1) is 16.7. The molecule has 2 heteroatoms. The highest BCUT2D eigenvalue weighted by Gasteiger charge is 2.00. The van der Waals surface area contributed by atoms with Crippen LogP contribution < -0.4 is 5.73 Å². The van der Waals surface area contributed by atoms with Crippen LogP contribution in [0.3, 0.4) is 0 Å². The molecule has 0 unspecified atom stereocenters. The van der Waals surface area contributed by atoms with E-state index in [-0.39, 0.29) is 5.75 Å². The Bertz CT molecular complexity index is 556. The van der Waals surface area contributed by atoms with E-state index >= 15 is 0 Å². The van der Waals surface area contributed by atoms with Crippen molar-refractivity contribution in [1.29, 1.82) is 0 Å². The minimum atomic E-state index is 0.198. The van der Waals surface area contributed by atoms with Gasteiger partial charge in [0.05, 0.1) is 5.69 Å². The van der Waals surface area contributed by atoms with Gasteiger partial charge in [-0.05, 0) is 30.5 Å². The van der Waals surface area contributed by atoms with Crippen molar-refractivity contribution in [2.75, 3.05) is 5.73 Å². The highest BCUT2D eigenvalue weighted by Crippen LogP contribution is 2.22. The van der Waals surface area contributed by atoms with Crippen LogP contribution in [0.4, 0.5) is 5.69 Å². The number of nitrogens with two attached hydrogens (primary N) is 1. The summed E-state index contributed by atoms with van der Waals surface area (Å²) >= 11 is 0. The summed E-state index contributed by atoms with van der Waals surface area (Å²) in [5.74, 6) is 0.198. The van der Waals surface area contributed by atoms with Crippen molar-refractivity contribution < 1.29 is 5.11 Å². The zero-order valence-corrected chi connectivity index (χ0v) is 22.9. The van der Waals surface area contributed by atoms with Gasteiger partial charge < -0.3 is 10.8 Å². The SMILES string of the molecule is CCCCCCCCCCCCCCCCCCCCCCCCCCc1ccc(O)c(N)c1. The zero-order chi connectivity index (χ0) is 24.5. The van der Waals surface area contributed by atoms with E-state index in [1.54, 1.807) is 6.07 Å². The number of anilines is 1. The van der Waals surface area contributed by atoms with Crippen molar-refractivity contribution in [2.24, 2.45) is 0 Å². The van der Waals surface area contributed by atoms with Crippen LogP contribution in [0.2, 0.25) is 0 Å². The van der Waals surface area contributed by atoms with Crippen LogP contribution >= 0.6 is 0 Å². The molecule has 0 aromatic heterocycles. The highest BCUT2D eigenvalue weighted by atomic mass is 16.3. The number of phenolic OH excluding ortho intramolecular Hbond substituents is 1.